The first-order chi connectivity index (χ1) is 9.22. The van der Waals surface area contributed by atoms with Crippen LogP contribution in [0.5, 0.6) is 0 Å². The summed E-state index contributed by atoms with van der Waals surface area (Å²) in [5.74, 6) is 0.843. The molecule has 0 radical (unpaired) electrons. The number of hydrogen-bond donors (Lipinski definition) is 1. The highest BCUT2D eigenvalue weighted by Crippen LogP contribution is 2.26. The second-order valence-electron chi connectivity index (χ2n) is 4.99. The molecule has 3 nitrogen and oxygen atoms in total. The molecule has 1 aliphatic carbocycles. The first-order valence-corrected chi connectivity index (χ1v) is 6.95. The molecule has 0 saturated heterocycles. The van der Waals surface area contributed by atoms with Crippen LogP contribution in [0.2, 0.25) is 5.02 Å². The Labute approximate surface area is 117 Å². The number of rotatable bonds is 2. The van der Waals surface area contributed by atoms with Crippen molar-refractivity contribution in [3.8, 4) is 0 Å². The molecular weight excluding hydrogens is 258 g/mol. The highest BCUT2D eigenvalue weighted by atomic mass is 35.5. The van der Waals surface area contributed by atoms with Gasteiger partial charge < -0.3 is 5.73 Å². The van der Waals surface area contributed by atoms with Crippen LogP contribution in [-0.2, 0) is 12.8 Å². The fourth-order valence-corrected chi connectivity index (χ4v) is 2.75. The molecule has 1 unspecified atom stereocenters. The van der Waals surface area contributed by atoms with Crippen LogP contribution >= 0.6 is 11.6 Å². The molecule has 0 spiro atoms. The van der Waals surface area contributed by atoms with E-state index < -0.39 is 0 Å². The van der Waals surface area contributed by atoms with Gasteiger partial charge >= 0.3 is 0 Å². The standard InChI is InChI=1S/C15H16ClN3/c16-11-4-1-3-10(7-11)8-15-18-9-12-13(17)5-2-6-14(12)19-15/h1,3-4,7,9,13H,2,5-6,8,17H2. The largest absolute Gasteiger partial charge is 0.324 e. The summed E-state index contributed by atoms with van der Waals surface area (Å²) in [6.07, 6.45) is 5.76. The van der Waals surface area contributed by atoms with Crippen LogP contribution in [0, 0.1) is 0 Å². The van der Waals surface area contributed by atoms with E-state index in [9.17, 15) is 0 Å². The van der Waals surface area contributed by atoms with Crippen molar-refractivity contribution in [3.63, 3.8) is 0 Å². The molecule has 1 atom stereocenters. The lowest BCUT2D eigenvalue weighted by Crippen LogP contribution is -2.19. The van der Waals surface area contributed by atoms with E-state index in [0.29, 0.717) is 6.42 Å². The summed E-state index contributed by atoms with van der Waals surface area (Å²) in [4.78, 5) is 9.09. The second-order valence-corrected chi connectivity index (χ2v) is 5.43. The second kappa shape index (κ2) is 5.27. The molecule has 1 aromatic heterocycles. The van der Waals surface area contributed by atoms with Gasteiger partial charge in [0.05, 0.1) is 0 Å². The molecule has 1 heterocycles. The van der Waals surface area contributed by atoms with E-state index in [2.05, 4.69) is 9.97 Å². The number of benzene rings is 1. The summed E-state index contributed by atoms with van der Waals surface area (Å²) < 4.78 is 0. The molecule has 0 saturated carbocycles. The zero-order chi connectivity index (χ0) is 13.2. The maximum atomic E-state index is 6.07. The summed E-state index contributed by atoms with van der Waals surface area (Å²) >= 11 is 5.99. The molecule has 2 aromatic rings. The van der Waals surface area contributed by atoms with Crippen LogP contribution in [0.25, 0.3) is 0 Å². The first kappa shape index (κ1) is 12.6. The molecule has 0 bridgehead atoms. The van der Waals surface area contributed by atoms with E-state index in [-0.39, 0.29) is 6.04 Å². The Hall–Kier alpha value is -1.45. The normalized spacial score (nSPS) is 18.1. The summed E-state index contributed by atoms with van der Waals surface area (Å²) in [5, 5.41) is 0.748. The molecule has 0 aliphatic heterocycles. The third kappa shape index (κ3) is 2.77. The van der Waals surface area contributed by atoms with Crippen molar-refractivity contribution in [2.75, 3.05) is 0 Å². The number of nitrogens with two attached hydrogens (primary N) is 1. The van der Waals surface area contributed by atoms with Gasteiger partial charge in [0.15, 0.2) is 0 Å². The molecule has 19 heavy (non-hydrogen) atoms. The monoisotopic (exact) mass is 273 g/mol. The number of fused-ring (bicyclic) bond motifs is 1. The van der Waals surface area contributed by atoms with Crippen LogP contribution < -0.4 is 5.73 Å². The third-order valence-corrected chi connectivity index (χ3v) is 3.76. The van der Waals surface area contributed by atoms with Crippen molar-refractivity contribution in [2.24, 2.45) is 5.73 Å². The molecule has 0 fully saturated rings. The molecule has 3 rings (SSSR count). The van der Waals surface area contributed by atoms with Gasteiger partial charge in [-0.25, -0.2) is 9.97 Å². The molecule has 1 aliphatic rings. The van der Waals surface area contributed by atoms with Crippen LogP contribution in [-0.4, -0.2) is 9.97 Å². The zero-order valence-electron chi connectivity index (χ0n) is 10.6. The van der Waals surface area contributed by atoms with Crippen LogP contribution in [0.15, 0.2) is 30.5 Å². The van der Waals surface area contributed by atoms with Crippen LogP contribution in [0.1, 0.15) is 41.5 Å². The summed E-state index contributed by atoms with van der Waals surface area (Å²) in [7, 11) is 0. The van der Waals surface area contributed by atoms with Gasteiger partial charge in [-0.2, -0.15) is 0 Å². The topological polar surface area (TPSA) is 51.8 Å². The Balaban J connectivity index is 1.86. The maximum Gasteiger partial charge on any atom is 0.132 e. The van der Waals surface area contributed by atoms with E-state index >= 15 is 0 Å². The highest BCUT2D eigenvalue weighted by Gasteiger charge is 2.18. The fraction of sp³-hybridized carbons (Fsp3) is 0.333. The lowest BCUT2D eigenvalue weighted by molar-refractivity contribution is 0.553. The number of nitrogens with zero attached hydrogens (tertiary/aromatic N) is 2. The number of aromatic nitrogens is 2. The number of aryl methyl sites for hydroxylation is 1. The van der Waals surface area contributed by atoms with E-state index in [4.69, 9.17) is 17.3 Å². The van der Waals surface area contributed by atoms with Gasteiger partial charge in [-0.15, -0.1) is 0 Å². The van der Waals surface area contributed by atoms with Crippen molar-refractivity contribution in [3.05, 3.63) is 58.1 Å². The van der Waals surface area contributed by atoms with Crippen molar-refractivity contribution in [2.45, 2.75) is 31.7 Å². The van der Waals surface area contributed by atoms with Gasteiger partial charge in [0, 0.05) is 34.9 Å². The predicted octanol–water partition coefficient (Wildman–Crippen LogP) is 3.06. The minimum atomic E-state index is 0.101. The zero-order valence-corrected chi connectivity index (χ0v) is 11.4. The molecule has 0 amide bonds. The lowest BCUT2D eigenvalue weighted by Gasteiger charge is -2.21. The van der Waals surface area contributed by atoms with Gasteiger partial charge in [-0.3, -0.25) is 0 Å². The van der Waals surface area contributed by atoms with Crippen molar-refractivity contribution < 1.29 is 0 Å². The van der Waals surface area contributed by atoms with Crippen molar-refractivity contribution in [1.82, 2.24) is 9.97 Å². The Morgan fingerprint density at radius 2 is 2.26 bits per heavy atom. The molecule has 4 heteroatoms. The van der Waals surface area contributed by atoms with E-state index in [0.717, 1.165) is 46.9 Å². The average Bonchev–Trinajstić information content (AvgIpc) is 2.39. The van der Waals surface area contributed by atoms with Crippen molar-refractivity contribution in [1.29, 1.82) is 0 Å². The average molecular weight is 274 g/mol. The number of halogens is 1. The minimum absolute atomic E-state index is 0.101. The van der Waals surface area contributed by atoms with Gasteiger partial charge in [0.1, 0.15) is 5.82 Å². The Morgan fingerprint density at radius 1 is 1.37 bits per heavy atom. The van der Waals surface area contributed by atoms with E-state index in [1.807, 2.05) is 30.5 Å². The Bertz CT molecular complexity index is 598. The van der Waals surface area contributed by atoms with Gasteiger partial charge in [0.25, 0.3) is 0 Å². The number of hydrogen-bond acceptors (Lipinski definition) is 3. The lowest BCUT2D eigenvalue weighted by atomic mass is 9.93. The third-order valence-electron chi connectivity index (χ3n) is 3.53. The molecule has 98 valence electrons. The molecule has 1 aromatic carbocycles. The quantitative estimate of drug-likeness (QED) is 0.915. The highest BCUT2D eigenvalue weighted by molar-refractivity contribution is 6.30. The van der Waals surface area contributed by atoms with Gasteiger partial charge in [-0.1, -0.05) is 23.7 Å². The van der Waals surface area contributed by atoms with Gasteiger partial charge in [-0.05, 0) is 37.0 Å². The minimum Gasteiger partial charge on any atom is -0.324 e. The van der Waals surface area contributed by atoms with E-state index in [1.165, 1.54) is 0 Å². The summed E-state index contributed by atoms with van der Waals surface area (Å²) in [6, 6.07) is 7.92. The smallest absolute Gasteiger partial charge is 0.132 e. The van der Waals surface area contributed by atoms with Crippen LogP contribution in [0.3, 0.4) is 0 Å². The van der Waals surface area contributed by atoms with E-state index in [1.54, 1.807) is 0 Å². The summed E-state index contributed by atoms with van der Waals surface area (Å²) in [5.41, 5.74) is 9.43. The van der Waals surface area contributed by atoms with Crippen LogP contribution in [0.4, 0.5) is 0 Å². The van der Waals surface area contributed by atoms with Gasteiger partial charge in [0.2, 0.25) is 0 Å². The van der Waals surface area contributed by atoms with Crippen molar-refractivity contribution >= 4 is 11.6 Å². The SMILES string of the molecule is NC1CCCc2nc(Cc3cccc(Cl)c3)ncc21. The fourth-order valence-electron chi connectivity index (χ4n) is 2.54. The maximum absolute atomic E-state index is 6.07. The Morgan fingerprint density at radius 3 is 3.11 bits per heavy atom. The predicted molar refractivity (Wildman–Crippen MR) is 76.2 cm³/mol. The Kier molecular flexibility index (Phi) is 3.49. The molecule has 2 N–H and O–H groups in total. The molecular formula is C15H16ClN3. The first-order valence-electron chi connectivity index (χ1n) is 6.57. The summed E-state index contributed by atoms with van der Waals surface area (Å²) in [6.45, 7) is 0.